The third-order valence-corrected chi connectivity index (χ3v) is 1.61. The number of carbonyl (C=O) groups excluding carboxylic acids is 1. The second-order valence-corrected chi connectivity index (χ2v) is 2.31. The van der Waals surface area contributed by atoms with E-state index in [1.165, 1.54) is 4.90 Å². The molecule has 1 aliphatic rings. The van der Waals surface area contributed by atoms with Gasteiger partial charge in [-0.2, -0.15) is 0 Å². The molecule has 4 heteroatoms. The summed E-state index contributed by atoms with van der Waals surface area (Å²) < 4.78 is 0. The largest absolute Gasteiger partial charge is 0.530 e. The molecule has 1 rings (SSSR count). The van der Waals surface area contributed by atoms with Crippen molar-refractivity contribution in [2.45, 2.75) is 26.2 Å². The third-order valence-electron chi connectivity index (χ3n) is 1.61. The minimum atomic E-state index is -1.02. The normalized spacial score (nSPS) is 15.3. The summed E-state index contributed by atoms with van der Waals surface area (Å²) in [4.78, 5) is 11.5. The molecule has 0 saturated carbocycles. The fourth-order valence-corrected chi connectivity index (χ4v) is 1.08. The first-order valence-corrected chi connectivity index (χ1v) is 3.97. The maximum Gasteiger partial charge on any atom is 0.136 e. The number of carboxylic acid groups (broad SMARTS) is 1. The van der Waals surface area contributed by atoms with Crippen LogP contribution >= 0.6 is 0 Å². The van der Waals surface area contributed by atoms with Crippen LogP contribution in [0.25, 0.3) is 0 Å². The van der Waals surface area contributed by atoms with Gasteiger partial charge in [0.1, 0.15) is 6.09 Å². The van der Waals surface area contributed by atoms with Crippen molar-refractivity contribution >= 4 is 6.09 Å². The van der Waals surface area contributed by atoms with Crippen LogP contribution < -0.4 is 5.11 Å². The van der Waals surface area contributed by atoms with Gasteiger partial charge in [0.25, 0.3) is 0 Å². The zero-order valence-electron chi connectivity index (χ0n) is 7.71. The van der Waals surface area contributed by atoms with Gasteiger partial charge in [-0.05, 0) is 19.3 Å². The Hall–Kier alpha value is -0.107. The van der Waals surface area contributed by atoms with Crippen molar-refractivity contribution in [2.24, 2.45) is 0 Å². The predicted molar refractivity (Wildman–Crippen MR) is 41.9 cm³/mol. The SMILES string of the molecule is O=C([O-])N1CCCCC1.[CH2]C.[Zn]. The molecule has 1 aliphatic heterocycles. The molecule has 0 aromatic heterocycles. The van der Waals surface area contributed by atoms with E-state index in [2.05, 4.69) is 6.92 Å². The zero-order chi connectivity index (χ0) is 8.69. The number of nitrogens with zero attached hydrogens (tertiary/aromatic N) is 1. The topological polar surface area (TPSA) is 43.4 Å². The Balaban J connectivity index is 0. The van der Waals surface area contributed by atoms with E-state index in [-0.39, 0.29) is 19.5 Å². The van der Waals surface area contributed by atoms with Crippen molar-refractivity contribution in [3.05, 3.63) is 6.92 Å². The van der Waals surface area contributed by atoms with Crippen LogP contribution in [-0.2, 0) is 19.5 Å². The van der Waals surface area contributed by atoms with Crippen LogP contribution in [0.3, 0.4) is 0 Å². The summed E-state index contributed by atoms with van der Waals surface area (Å²) >= 11 is 0. The third kappa shape index (κ3) is 5.53. The number of piperidine rings is 1. The van der Waals surface area contributed by atoms with E-state index < -0.39 is 6.09 Å². The Labute approximate surface area is 86.9 Å². The maximum absolute atomic E-state index is 10.2. The molecule has 0 aliphatic carbocycles. The molecule has 0 spiro atoms. The molecule has 0 bridgehead atoms. The quantitative estimate of drug-likeness (QED) is 0.565. The average molecular weight is 223 g/mol. The Morgan fingerprint density at radius 1 is 1.25 bits per heavy atom. The number of amides is 1. The number of rotatable bonds is 0. The number of likely N-dealkylation sites (tertiary alicyclic amines) is 1. The summed E-state index contributed by atoms with van der Waals surface area (Å²) in [5.74, 6) is 0. The molecule has 0 aromatic carbocycles. The number of hydrogen-bond acceptors (Lipinski definition) is 2. The molecule has 1 amide bonds. The van der Waals surface area contributed by atoms with Gasteiger partial charge in [0, 0.05) is 32.6 Å². The standard InChI is InChI=1S/C6H11NO2.C2H5.Zn/c8-6(9)7-4-2-1-3-5-7;1-2;/h1-5H2,(H,8,9);1H2,2H3;/p-1. The molecule has 1 fully saturated rings. The van der Waals surface area contributed by atoms with E-state index in [0.717, 1.165) is 19.3 Å². The number of carbonyl (C=O) groups is 1. The van der Waals surface area contributed by atoms with Gasteiger partial charge in [0.2, 0.25) is 0 Å². The summed E-state index contributed by atoms with van der Waals surface area (Å²) in [5, 5.41) is 10.2. The first-order chi connectivity index (χ1) is 5.30. The smallest absolute Gasteiger partial charge is 0.136 e. The fraction of sp³-hybridized carbons (Fsp3) is 0.750. The minimum absolute atomic E-state index is 0. The van der Waals surface area contributed by atoms with Crippen LogP contribution in [0, 0.1) is 6.92 Å². The van der Waals surface area contributed by atoms with Gasteiger partial charge in [0.15, 0.2) is 0 Å². The molecule has 0 aromatic rings. The van der Waals surface area contributed by atoms with E-state index in [1.54, 1.807) is 6.92 Å². The van der Waals surface area contributed by atoms with E-state index in [9.17, 15) is 9.90 Å². The molecule has 12 heavy (non-hydrogen) atoms. The first kappa shape index (κ1) is 14.4. The maximum atomic E-state index is 10.2. The molecule has 1 radical (unpaired) electrons. The molecule has 1 saturated heterocycles. The second-order valence-electron chi connectivity index (χ2n) is 2.31. The van der Waals surface area contributed by atoms with Crippen molar-refractivity contribution in [3.8, 4) is 0 Å². The number of hydrogen-bond donors (Lipinski definition) is 0. The Kier molecular flexibility index (Phi) is 10.8. The van der Waals surface area contributed by atoms with Gasteiger partial charge in [-0.3, -0.25) is 0 Å². The van der Waals surface area contributed by atoms with E-state index in [0.29, 0.717) is 13.1 Å². The van der Waals surface area contributed by atoms with Gasteiger partial charge >= 0.3 is 0 Å². The molecule has 0 N–H and O–H groups in total. The second kappa shape index (κ2) is 8.99. The van der Waals surface area contributed by atoms with Crippen molar-refractivity contribution in [1.29, 1.82) is 0 Å². The van der Waals surface area contributed by atoms with Crippen LogP contribution in [0.15, 0.2) is 0 Å². The molecule has 1 heterocycles. The van der Waals surface area contributed by atoms with Crippen LogP contribution in [0.5, 0.6) is 0 Å². The van der Waals surface area contributed by atoms with Gasteiger partial charge in [-0.15, -0.1) is 0 Å². The van der Waals surface area contributed by atoms with Crippen molar-refractivity contribution in [3.63, 3.8) is 0 Å². The summed E-state index contributed by atoms with van der Waals surface area (Å²) in [6.45, 7) is 6.34. The molecule has 67 valence electrons. The van der Waals surface area contributed by atoms with Crippen molar-refractivity contribution < 1.29 is 29.4 Å². The molecule has 3 nitrogen and oxygen atoms in total. The van der Waals surface area contributed by atoms with Crippen molar-refractivity contribution in [2.75, 3.05) is 13.1 Å². The Bertz CT molecular complexity index is 114. The average Bonchev–Trinajstić information content (AvgIpc) is 2.10. The van der Waals surface area contributed by atoms with Crippen LogP contribution in [0.1, 0.15) is 26.2 Å². The predicted octanol–water partition coefficient (Wildman–Crippen LogP) is 0.653. The Morgan fingerprint density at radius 3 is 1.92 bits per heavy atom. The van der Waals surface area contributed by atoms with E-state index in [1.807, 2.05) is 0 Å². The summed E-state index contributed by atoms with van der Waals surface area (Å²) in [5.41, 5.74) is 0. The van der Waals surface area contributed by atoms with Crippen LogP contribution in [0.2, 0.25) is 0 Å². The fourth-order valence-electron chi connectivity index (χ4n) is 1.08. The van der Waals surface area contributed by atoms with Gasteiger partial charge in [-0.1, -0.05) is 13.8 Å². The monoisotopic (exact) mass is 221 g/mol. The van der Waals surface area contributed by atoms with E-state index in [4.69, 9.17) is 0 Å². The molecule has 0 atom stereocenters. The summed E-state index contributed by atoms with van der Waals surface area (Å²) in [7, 11) is 0. The van der Waals surface area contributed by atoms with Gasteiger partial charge in [0.05, 0.1) is 0 Å². The molecular weight excluding hydrogens is 207 g/mol. The van der Waals surface area contributed by atoms with Crippen LogP contribution in [0.4, 0.5) is 4.79 Å². The van der Waals surface area contributed by atoms with Gasteiger partial charge in [-0.25, -0.2) is 0 Å². The first-order valence-electron chi connectivity index (χ1n) is 3.97. The minimum Gasteiger partial charge on any atom is -0.530 e. The zero-order valence-corrected chi connectivity index (χ0v) is 10.7. The summed E-state index contributed by atoms with van der Waals surface area (Å²) in [6.07, 6.45) is 2.13. The summed E-state index contributed by atoms with van der Waals surface area (Å²) in [6, 6.07) is 0. The molecule has 0 unspecified atom stereocenters. The van der Waals surface area contributed by atoms with Gasteiger partial charge < -0.3 is 14.8 Å². The van der Waals surface area contributed by atoms with Crippen LogP contribution in [-0.4, -0.2) is 24.1 Å². The van der Waals surface area contributed by atoms with Crippen molar-refractivity contribution in [1.82, 2.24) is 4.90 Å². The van der Waals surface area contributed by atoms with E-state index >= 15 is 0 Å². The molecular formula is C8H15NO2Zn-. The Morgan fingerprint density at radius 2 is 1.67 bits per heavy atom.